The van der Waals surface area contributed by atoms with Gasteiger partial charge in [-0.1, -0.05) is 29.8 Å². The van der Waals surface area contributed by atoms with E-state index in [0.717, 1.165) is 39.1 Å². The van der Waals surface area contributed by atoms with E-state index in [0.29, 0.717) is 48.6 Å². The Labute approximate surface area is 254 Å². The summed E-state index contributed by atoms with van der Waals surface area (Å²) >= 11 is 0. The summed E-state index contributed by atoms with van der Waals surface area (Å²) in [6, 6.07) is 9.99. The second-order valence-electron chi connectivity index (χ2n) is 11.7. The lowest BCUT2D eigenvalue weighted by Gasteiger charge is -2.39. The van der Waals surface area contributed by atoms with Gasteiger partial charge in [-0.05, 0) is 68.5 Å². The van der Waals surface area contributed by atoms with Crippen molar-refractivity contribution in [2.75, 3.05) is 50.1 Å². The first-order valence-corrected chi connectivity index (χ1v) is 16.6. The van der Waals surface area contributed by atoms with Crippen molar-refractivity contribution in [2.24, 2.45) is 0 Å². The Morgan fingerprint density at radius 3 is 2.42 bits per heavy atom. The van der Waals surface area contributed by atoms with Gasteiger partial charge >= 0.3 is 11.9 Å². The summed E-state index contributed by atoms with van der Waals surface area (Å²) in [7, 11) is -1.25. The number of hydrogen-bond donors (Lipinski definition) is 2. The lowest BCUT2D eigenvalue weighted by atomic mass is 9.76. The number of hydrogen-bond acceptors (Lipinski definition) is 9. The Kier molecular flexibility index (Phi) is 8.72. The second kappa shape index (κ2) is 12.2. The van der Waals surface area contributed by atoms with E-state index in [-0.39, 0.29) is 18.1 Å². The van der Waals surface area contributed by atoms with Crippen LogP contribution in [0, 0.1) is 27.7 Å². The molecule has 2 unspecified atom stereocenters. The molecule has 0 saturated carbocycles. The zero-order valence-corrected chi connectivity index (χ0v) is 26.6. The Balaban J connectivity index is 1.66. The summed E-state index contributed by atoms with van der Waals surface area (Å²) in [5, 5.41) is 6.70. The molecule has 43 heavy (non-hydrogen) atoms. The highest BCUT2D eigenvalue weighted by molar-refractivity contribution is 7.91. The number of anilines is 1. The number of nitrogens with zero attached hydrogens (tertiary/aromatic N) is 1. The number of nitrogens with one attached hydrogen (secondary N) is 2. The Hall–Kier alpha value is -3.63. The van der Waals surface area contributed by atoms with E-state index in [9.17, 15) is 18.0 Å². The van der Waals surface area contributed by atoms with Gasteiger partial charge in [0, 0.05) is 50.2 Å². The number of aryl methyl sites for hydroxylation is 3. The maximum atomic E-state index is 14.1. The third-order valence-electron chi connectivity index (χ3n) is 8.72. The van der Waals surface area contributed by atoms with Crippen LogP contribution in [0.2, 0.25) is 0 Å². The van der Waals surface area contributed by atoms with E-state index in [1.807, 2.05) is 57.8 Å². The molecule has 3 aliphatic rings. The van der Waals surface area contributed by atoms with Gasteiger partial charge in [-0.2, -0.15) is 0 Å². The van der Waals surface area contributed by atoms with Crippen molar-refractivity contribution < 1.29 is 27.5 Å². The van der Waals surface area contributed by atoms with Crippen LogP contribution in [0.15, 0.2) is 52.9 Å². The molecule has 3 heterocycles. The number of carbonyl (C=O) groups excluding carboxylic acids is 2. The van der Waals surface area contributed by atoms with Crippen LogP contribution in [-0.4, -0.2) is 70.1 Å². The topological polar surface area (TPSA) is 114 Å². The summed E-state index contributed by atoms with van der Waals surface area (Å²) in [5.74, 6) is -1.57. The molecular weight excluding hydrogens is 566 g/mol. The van der Waals surface area contributed by atoms with Crippen LogP contribution < -0.4 is 10.6 Å². The van der Waals surface area contributed by atoms with Gasteiger partial charge in [0.25, 0.3) is 0 Å². The number of benzene rings is 2. The third kappa shape index (κ3) is 6.08. The normalized spacial score (nSPS) is 22.0. The van der Waals surface area contributed by atoms with Crippen LogP contribution in [0.3, 0.4) is 0 Å². The molecule has 2 N–H and O–H groups in total. The summed E-state index contributed by atoms with van der Waals surface area (Å²) in [4.78, 5) is 29.9. The summed E-state index contributed by atoms with van der Waals surface area (Å²) in [5.41, 5.74) is 8.95. The van der Waals surface area contributed by atoms with Crippen molar-refractivity contribution in [1.29, 1.82) is 0 Å². The second-order valence-corrected chi connectivity index (χ2v) is 14.0. The van der Waals surface area contributed by atoms with Crippen LogP contribution >= 0.6 is 0 Å². The molecule has 10 heteroatoms. The largest absolute Gasteiger partial charge is 0.463 e. The number of ether oxygens (including phenoxy) is 2. The molecule has 1 saturated heterocycles. The minimum absolute atomic E-state index is 0.0656. The van der Waals surface area contributed by atoms with Gasteiger partial charge in [0.15, 0.2) is 9.84 Å². The van der Waals surface area contributed by atoms with Gasteiger partial charge in [-0.3, -0.25) is 4.90 Å². The summed E-state index contributed by atoms with van der Waals surface area (Å²) in [6.07, 6.45) is -0.0728. The van der Waals surface area contributed by atoms with Gasteiger partial charge in [0.05, 0.1) is 35.2 Å². The summed E-state index contributed by atoms with van der Waals surface area (Å²) in [6.45, 7) is 11.1. The molecule has 0 amide bonds. The SMILES string of the molecule is CCOC(=O)C1=C(CN2CCS(=O)(=O)CC2)NC2=C(C(=O)OC(c3c(C)cc(C)cc3C)C2)C1c1cccc(NC)c1C. The molecule has 0 aliphatic carbocycles. The molecule has 2 atom stereocenters. The molecule has 0 radical (unpaired) electrons. The van der Waals surface area contributed by atoms with Crippen LogP contribution in [-0.2, 0) is 28.9 Å². The minimum Gasteiger partial charge on any atom is -0.463 e. The van der Waals surface area contributed by atoms with Crippen LogP contribution in [0.5, 0.6) is 0 Å². The minimum atomic E-state index is -3.08. The van der Waals surface area contributed by atoms with E-state index in [4.69, 9.17) is 9.47 Å². The first-order chi connectivity index (χ1) is 20.4. The highest BCUT2D eigenvalue weighted by atomic mass is 32.2. The molecule has 230 valence electrons. The predicted molar refractivity (Wildman–Crippen MR) is 166 cm³/mol. The molecular formula is C33H41N3O6S. The predicted octanol–water partition coefficient (Wildman–Crippen LogP) is 4.14. The van der Waals surface area contributed by atoms with E-state index >= 15 is 0 Å². The van der Waals surface area contributed by atoms with Crippen molar-refractivity contribution in [3.63, 3.8) is 0 Å². The smallest absolute Gasteiger partial charge is 0.337 e. The van der Waals surface area contributed by atoms with Crippen molar-refractivity contribution in [2.45, 2.75) is 53.1 Å². The Morgan fingerprint density at radius 1 is 1.12 bits per heavy atom. The third-order valence-corrected chi connectivity index (χ3v) is 10.3. The van der Waals surface area contributed by atoms with E-state index < -0.39 is 33.8 Å². The molecule has 2 aromatic carbocycles. The molecule has 2 aromatic rings. The molecule has 0 spiro atoms. The molecule has 0 bridgehead atoms. The van der Waals surface area contributed by atoms with Gasteiger partial charge < -0.3 is 20.1 Å². The average Bonchev–Trinajstić information content (AvgIpc) is 2.93. The van der Waals surface area contributed by atoms with Crippen LogP contribution in [0.1, 0.15) is 58.7 Å². The fourth-order valence-electron chi connectivity index (χ4n) is 6.75. The quantitative estimate of drug-likeness (QED) is 0.449. The monoisotopic (exact) mass is 607 g/mol. The maximum absolute atomic E-state index is 14.1. The highest BCUT2D eigenvalue weighted by Crippen LogP contribution is 2.47. The molecule has 3 aliphatic heterocycles. The average molecular weight is 608 g/mol. The van der Waals surface area contributed by atoms with Crippen LogP contribution in [0.4, 0.5) is 5.69 Å². The van der Waals surface area contributed by atoms with Gasteiger partial charge in [-0.25, -0.2) is 18.0 Å². The van der Waals surface area contributed by atoms with E-state index in [1.54, 1.807) is 6.92 Å². The van der Waals surface area contributed by atoms with Gasteiger partial charge in [-0.15, -0.1) is 0 Å². The first-order valence-electron chi connectivity index (χ1n) is 14.8. The molecule has 0 aromatic heterocycles. The number of carbonyl (C=O) groups is 2. The van der Waals surface area contributed by atoms with Gasteiger partial charge in [0.1, 0.15) is 6.10 Å². The summed E-state index contributed by atoms with van der Waals surface area (Å²) < 4.78 is 36.1. The standard InChI is InChI=1S/C33H41N3O6S/c1-7-41-32(37)31-26(18-36-11-13-43(39,40)14-12-36)35-25-17-27(28-20(3)15-19(2)16-21(28)4)42-33(38)30(25)29(31)23-9-8-10-24(34-6)22(23)5/h8-10,15-16,27,29,34-35H,7,11-14,17-18H2,1-6H3. The molecule has 1 fully saturated rings. The number of dihydropyridines is 1. The van der Waals surface area contributed by atoms with Crippen molar-refractivity contribution in [3.05, 3.63) is 86.3 Å². The number of cyclic esters (lactones) is 1. The van der Waals surface area contributed by atoms with Crippen molar-refractivity contribution in [3.8, 4) is 0 Å². The number of rotatable bonds is 7. The van der Waals surface area contributed by atoms with Crippen molar-refractivity contribution in [1.82, 2.24) is 10.2 Å². The van der Waals surface area contributed by atoms with Crippen molar-refractivity contribution >= 4 is 27.5 Å². The van der Waals surface area contributed by atoms with Gasteiger partial charge in [0.2, 0.25) is 0 Å². The number of esters is 2. The molecule has 5 rings (SSSR count). The number of sulfone groups is 1. The highest BCUT2D eigenvalue weighted by Gasteiger charge is 2.45. The first kappa shape index (κ1) is 30.8. The lowest BCUT2D eigenvalue weighted by Crippen LogP contribution is -2.45. The maximum Gasteiger partial charge on any atom is 0.337 e. The zero-order valence-electron chi connectivity index (χ0n) is 25.8. The van der Waals surface area contributed by atoms with E-state index in [2.05, 4.69) is 22.8 Å². The fourth-order valence-corrected chi connectivity index (χ4v) is 8.02. The lowest BCUT2D eigenvalue weighted by molar-refractivity contribution is -0.147. The Bertz CT molecular complexity index is 1600. The zero-order chi connectivity index (χ0) is 31.1. The molecule has 9 nitrogen and oxygen atoms in total. The van der Waals surface area contributed by atoms with Crippen LogP contribution in [0.25, 0.3) is 0 Å². The fraction of sp³-hybridized carbons (Fsp3) is 0.455. The van der Waals surface area contributed by atoms with E-state index in [1.165, 1.54) is 0 Å². The Morgan fingerprint density at radius 2 is 1.79 bits per heavy atom.